The number of carbonyl (C=O) groups excluding carboxylic acids is 1. The SMILES string of the molecule is CN(c1cccc(NC(=O)CN(C)S(=O)(=O)c2ccc(Cl)cc2)c1)S(C)(=O)=O. The third-order valence-electron chi connectivity index (χ3n) is 3.88. The standard InChI is InChI=1S/C17H20ClN3O5S2/c1-20(28(25,26)16-9-7-13(18)8-10-16)12-17(22)19-14-5-4-6-15(11-14)21(2)27(3,23)24/h4-11H,12H2,1-3H3,(H,19,22). The van der Waals surface area contributed by atoms with Crippen molar-refractivity contribution in [2.24, 2.45) is 0 Å². The average molecular weight is 446 g/mol. The first-order valence-corrected chi connectivity index (χ1v) is 11.6. The Bertz CT molecular complexity index is 1070. The Labute approximate surface area is 169 Å². The zero-order valence-corrected chi connectivity index (χ0v) is 17.8. The maximum absolute atomic E-state index is 12.5. The molecule has 11 heteroatoms. The Hall–Kier alpha value is -2.14. The number of likely N-dealkylation sites (N-methyl/N-ethyl adjacent to an activating group) is 1. The van der Waals surface area contributed by atoms with Crippen molar-refractivity contribution in [3.8, 4) is 0 Å². The molecule has 0 spiro atoms. The van der Waals surface area contributed by atoms with Crippen LogP contribution in [-0.2, 0) is 24.8 Å². The maximum atomic E-state index is 12.5. The lowest BCUT2D eigenvalue weighted by Gasteiger charge is -2.19. The van der Waals surface area contributed by atoms with Crippen LogP contribution in [0.3, 0.4) is 0 Å². The maximum Gasteiger partial charge on any atom is 0.243 e. The summed E-state index contributed by atoms with van der Waals surface area (Å²) in [7, 11) is -4.63. The molecule has 0 aliphatic rings. The number of anilines is 2. The molecule has 2 aromatic carbocycles. The Morgan fingerprint density at radius 1 is 1.04 bits per heavy atom. The molecule has 1 amide bonds. The highest BCUT2D eigenvalue weighted by Crippen LogP contribution is 2.21. The summed E-state index contributed by atoms with van der Waals surface area (Å²) in [5.74, 6) is -0.570. The summed E-state index contributed by atoms with van der Waals surface area (Å²) in [6.45, 7) is -0.420. The first-order chi connectivity index (χ1) is 12.9. The highest BCUT2D eigenvalue weighted by molar-refractivity contribution is 7.92. The predicted molar refractivity (Wildman–Crippen MR) is 110 cm³/mol. The summed E-state index contributed by atoms with van der Waals surface area (Å²) in [5.41, 5.74) is 0.706. The molecule has 2 rings (SSSR count). The Balaban J connectivity index is 2.10. The quantitative estimate of drug-likeness (QED) is 0.701. The van der Waals surface area contributed by atoms with Crippen molar-refractivity contribution in [1.29, 1.82) is 0 Å². The molecule has 0 aliphatic carbocycles. The molecule has 28 heavy (non-hydrogen) atoms. The molecule has 0 unspecified atom stereocenters. The highest BCUT2D eigenvalue weighted by atomic mass is 35.5. The van der Waals surface area contributed by atoms with Gasteiger partial charge in [0.2, 0.25) is 26.0 Å². The summed E-state index contributed by atoms with van der Waals surface area (Å²) in [6.07, 6.45) is 1.06. The van der Waals surface area contributed by atoms with E-state index in [0.29, 0.717) is 16.4 Å². The number of nitrogens with zero attached hydrogens (tertiary/aromatic N) is 2. The lowest BCUT2D eigenvalue weighted by Crippen LogP contribution is -2.35. The zero-order valence-electron chi connectivity index (χ0n) is 15.5. The van der Waals surface area contributed by atoms with Crippen LogP contribution in [0, 0.1) is 0 Å². The van der Waals surface area contributed by atoms with E-state index in [0.717, 1.165) is 14.9 Å². The van der Waals surface area contributed by atoms with Crippen LogP contribution in [0.2, 0.25) is 5.02 Å². The molecule has 152 valence electrons. The van der Waals surface area contributed by atoms with E-state index in [2.05, 4.69) is 5.32 Å². The van der Waals surface area contributed by atoms with Crippen LogP contribution < -0.4 is 9.62 Å². The molecule has 8 nitrogen and oxygen atoms in total. The highest BCUT2D eigenvalue weighted by Gasteiger charge is 2.23. The fraction of sp³-hybridized carbons (Fsp3) is 0.235. The second kappa shape index (κ2) is 8.48. The van der Waals surface area contributed by atoms with Crippen molar-refractivity contribution >= 4 is 48.9 Å². The van der Waals surface area contributed by atoms with Crippen LogP contribution in [0.1, 0.15) is 0 Å². The molecule has 0 bridgehead atoms. The number of benzene rings is 2. The van der Waals surface area contributed by atoms with Crippen molar-refractivity contribution in [2.45, 2.75) is 4.90 Å². The lowest BCUT2D eigenvalue weighted by atomic mass is 10.3. The first-order valence-electron chi connectivity index (χ1n) is 7.97. The minimum Gasteiger partial charge on any atom is -0.325 e. The molecule has 0 aromatic heterocycles. The van der Waals surface area contributed by atoms with Gasteiger partial charge in [-0.15, -0.1) is 0 Å². The largest absolute Gasteiger partial charge is 0.325 e. The monoisotopic (exact) mass is 445 g/mol. The normalized spacial score (nSPS) is 12.0. The molecule has 0 radical (unpaired) electrons. The van der Waals surface area contributed by atoms with E-state index in [4.69, 9.17) is 11.6 Å². The molecule has 1 N–H and O–H groups in total. The van der Waals surface area contributed by atoms with Gasteiger partial charge in [-0.3, -0.25) is 9.10 Å². The molecule has 0 atom stereocenters. The number of sulfonamides is 2. The molecule has 0 saturated heterocycles. The molecule has 2 aromatic rings. The van der Waals surface area contributed by atoms with Crippen LogP contribution in [0.4, 0.5) is 11.4 Å². The van der Waals surface area contributed by atoms with Gasteiger partial charge in [0.25, 0.3) is 0 Å². The van der Waals surface area contributed by atoms with Crippen molar-refractivity contribution in [3.63, 3.8) is 0 Å². The number of hydrogen-bond acceptors (Lipinski definition) is 5. The van der Waals surface area contributed by atoms with Crippen LogP contribution in [0.5, 0.6) is 0 Å². The van der Waals surface area contributed by atoms with Gasteiger partial charge in [0.05, 0.1) is 23.4 Å². The van der Waals surface area contributed by atoms with Gasteiger partial charge in [-0.2, -0.15) is 4.31 Å². The van der Waals surface area contributed by atoms with Gasteiger partial charge in [0.15, 0.2) is 0 Å². The van der Waals surface area contributed by atoms with E-state index in [1.807, 2.05) is 0 Å². The van der Waals surface area contributed by atoms with Crippen molar-refractivity contribution in [1.82, 2.24) is 4.31 Å². The summed E-state index contributed by atoms with van der Waals surface area (Å²) in [6, 6.07) is 11.8. The minimum atomic E-state index is -3.86. The number of halogens is 1. The predicted octanol–water partition coefficient (Wildman–Crippen LogP) is 1.99. The zero-order chi connectivity index (χ0) is 21.1. The van der Waals surface area contributed by atoms with Crippen molar-refractivity contribution < 1.29 is 21.6 Å². The van der Waals surface area contributed by atoms with Crippen molar-refractivity contribution in [2.75, 3.05) is 36.5 Å². The lowest BCUT2D eigenvalue weighted by molar-refractivity contribution is -0.116. The van der Waals surface area contributed by atoms with E-state index in [1.165, 1.54) is 44.4 Å². The number of amides is 1. The number of carbonyl (C=O) groups is 1. The van der Waals surface area contributed by atoms with Gasteiger partial charge in [-0.1, -0.05) is 17.7 Å². The first kappa shape index (κ1) is 22.2. The molecule has 0 saturated carbocycles. The summed E-state index contributed by atoms with van der Waals surface area (Å²) in [4.78, 5) is 12.3. The minimum absolute atomic E-state index is 0.0176. The number of rotatable bonds is 7. The molecule has 0 aliphatic heterocycles. The average Bonchev–Trinajstić information content (AvgIpc) is 2.60. The fourth-order valence-corrected chi connectivity index (χ4v) is 3.99. The number of nitrogens with one attached hydrogen (secondary N) is 1. The fourth-order valence-electron chi connectivity index (χ4n) is 2.25. The summed E-state index contributed by atoms with van der Waals surface area (Å²) < 4.78 is 50.3. The van der Waals surface area contributed by atoms with Gasteiger partial charge >= 0.3 is 0 Å². The van der Waals surface area contributed by atoms with Crippen LogP contribution >= 0.6 is 11.6 Å². The summed E-state index contributed by atoms with van der Waals surface area (Å²) >= 11 is 5.77. The smallest absolute Gasteiger partial charge is 0.243 e. The van der Waals surface area contributed by atoms with Gasteiger partial charge in [0, 0.05) is 24.8 Å². The van der Waals surface area contributed by atoms with E-state index in [1.54, 1.807) is 18.2 Å². The Kier molecular flexibility index (Phi) is 6.71. The molecule has 0 heterocycles. The van der Waals surface area contributed by atoms with Gasteiger partial charge in [-0.25, -0.2) is 16.8 Å². The Morgan fingerprint density at radius 3 is 2.21 bits per heavy atom. The van der Waals surface area contributed by atoms with Crippen LogP contribution in [0.25, 0.3) is 0 Å². The van der Waals surface area contributed by atoms with Crippen LogP contribution in [-0.4, -0.2) is 53.9 Å². The summed E-state index contributed by atoms with van der Waals surface area (Å²) in [5, 5.41) is 2.97. The van der Waals surface area contributed by atoms with E-state index >= 15 is 0 Å². The van der Waals surface area contributed by atoms with Crippen molar-refractivity contribution in [3.05, 3.63) is 53.6 Å². The van der Waals surface area contributed by atoms with Gasteiger partial charge < -0.3 is 5.32 Å². The van der Waals surface area contributed by atoms with Gasteiger partial charge in [-0.05, 0) is 42.5 Å². The van der Waals surface area contributed by atoms with E-state index in [9.17, 15) is 21.6 Å². The molecular formula is C17H20ClN3O5S2. The van der Waals surface area contributed by atoms with E-state index in [-0.39, 0.29) is 4.90 Å². The van der Waals surface area contributed by atoms with E-state index < -0.39 is 32.5 Å². The third-order valence-corrected chi connectivity index (χ3v) is 7.15. The second-order valence-electron chi connectivity index (χ2n) is 6.04. The van der Waals surface area contributed by atoms with Gasteiger partial charge in [0.1, 0.15) is 0 Å². The third kappa shape index (κ3) is 5.44. The topological polar surface area (TPSA) is 104 Å². The molecular weight excluding hydrogens is 426 g/mol. The number of hydrogen-bond donors (Lipinski definition) is 1. The Morgan fingerprint density at radius 2 is 1.64 bits per heavy atom. The molecule has 0 fully saturated rings. The second-order valence-corrected chi connectivity index (χ2v) is 10.5. The van der Waals surface area contributed by atoms with Crippen LogP contribution in [0.15, 0.2) is 53.4 Å².